The molecule has 8 fully saturated rings. The highest BCUT2D eigenvalue weighted by Gasteiger charge is 2.58. The van der Waals surface area contributed by atoms with Gasteiger partial charge in [0.05, 0.1) is 24.7 Å². The summed E-state index contributed by atoms with van der Waals surface area (Å²) in [7, 11) is 0. The average Bonchev–Trinajstić information content (AvgIpc) is 2.97. The highest BCUT2D eigenvalue weighted by Crippen LogP contribution is 2.48. The van der Waals surface area contributed by atoms with Gasteiger partial charge >= 0.3 is 0 Å². The largest absolute Gasteiger partial charge is 0.271 e. The predicted octanol–water partition coefficient (Wildman–Crippen LogP) is 7.64. The predicted molar refractivity (Wildman–Crippen MR) is 158 cm³/mol. The Balaban J connectivity index is 1.15. The van der Waals surface area contributed by atoms with Crippen molar-refractivity contribution >= 4 is 0 Å². The molecule has 0 amide bonds. The fraction of sp³-hybridized carbons (Fsp3) is 1.00. The van der Waals surface area contributed by atoms with Crippen LogP contribution >= 0.6 is 0 Å². The van der Waals surface area contributed by atoms with E-state index in [2.05, 4.69) is 19.6 Å². The second-order valence-corrected chi connectivity index (χ2v) is 15.2. The van der Waals surface area contributed by atoms with Crippen LogP contribution in [-0.2, 0) is 0 Å². The first kappa shape index (κ1) is 26.7. The molecule has 4 aliphatic heterocycles. The van der Waals surface area contributed by atoms with E-state index in [0.29, 0.717) is 0 Å². The van der Waals surface area contributed by atoms with Gasteiger partial charge < -0.3 is 0 Å². The molecule has 38 heavy (non-hydrogen) atoms. The number of nitrogens with zero attached hydrogens (tertiary/aromatic N) is 4. The first-order valence-electron chi connectivity index (χ1n) is 17.9. The summed E-state index contributed by atoms with van der Waals surface area (Å²) in [6.07, 6.45) is 35.7. The fourth-order valence-corrected chi connectivity index (χ4v) is 10.7. The lowest BCUT2D eigenvalue weighted by Gasteiger charge is -2.70. The molecule has 4 saturated heterocycles. The van der Waals surface area contributed by atoms with Gasteiger partial charge in [0.15, 0.2) is 0 Å². The zero-order valence-corrected chi connectivity index (χ0v) is 24.8. The lowest BCUT2D eigenvalue weighted by atomic mass is 9.82. The van der Waals surface area contributed by atoms with Crippen LogP contribution < -0.4 is 0 Å². The maximum Gasteiger partial charge on any atom is 0.0677 e. The third-order valence-corrected chi connectivity index (χ3v) is 12.7. The van der Waals surface area contributed by atoms with Crippen molar-refractivity contribution in [3.05, 3.63) is 0 Å². The van der Waals surface area contributed by atoms with E-state index in [-0.39, 0.29) is 0 Å². The number of hydrogen-bond acceptors (Lipinski definition) is 4. The number of rotatable bonds is 8. The molecule has 0 atom stereocenters. The minimum absolute atomic E-state index is 0.734. The van der Waals surface area contributed by atoms with E-state index < -0.39 is 0 Å². The Morgan fingerprint density at radius 1 is 0.289 bits per heavy atom. The van der Waals surface area contributed by atoms with Crippen molar-refractivity contribution in [2.75, 3.05) is 26.2 Å². The topological polar surface area (TPSA) is 13.0 Å². The Bertz CT molecular complexity index is 595. The Morgan fingerprint density at radius 2 is 0.500 bits per heavy atom. The van der Waals surface area contributed by atoms with Crippen LogP contribution in [-0.4, -0.2) is 70.4 Å². The van der Waals surface area contributed by atoms with Crippen LogP contribution in [0.3, 0.4) is 0 Å². The van der Waals surface area contributed by atoms with Crippen molar-refractivity contribution < 1.29 is 0 Å². The van der Waals surface area contributed by atoms with Crippen LogP contribution in [0.25, 0.3) is 0 Å². The molecule has 8 rings (SSSR count). The Labute approximate surface area is 235 Å². The van der Waals surface area contributed by atoms with E-state index in [9.17, 15) is 0 Å². The molecule has 216 valence electrons. The van der Waals surface area contributed by atoms with Gasteiger partial charge in [-0.1, -0.05) is 77.0 Å². The van der Waals surface area contributed by atoms with Gasteiger partial charge in [-0.3, -0.25) is 19.6 Å². The van der Waals surface area contributed by atoms with Gasteiger partial charge in [-0.25, -0.2) is 0 Å². The van der Waals surface area contributed by atoms with Crippen molar-refractivity contribution in [2.24, 2.45) is 23.7 Å². The smallest absolute Gasteiger partial charge is 0.0677 e. The maximum atomic E-state index is 3.13. The summed E-state index contributed by atoms with van der Waals surface area (Å²) >= 11 is 0. The van der Waals surface area contributed by atoms with Crippen molar-refractivity contribution in [2.45, 2.75) is 166 Å². The summed E-state index contributed by atoms with van der Waals surface area (Å²) in [4.78, 5) is 12.5. The Kier molecular flexibility index (Phi) is 8.70. The van der Waals surface area contributed by atoms with Gasteiger partial charge in [-0.05, 0) is 75.0 Å². The van der Waals surface area contributed by atoms with Crippen molar-refractivity contribution in [3.8, 4) is 0 Å². The minimum Gasteiger partial charge on any atom is -0.271 e. The van der Waals surface area contributed by atoms with E-state index in [1.807, 2.05) is 0 Å². The van der Waals surface area contributed by atoms with Gasteiger partial charge in [0.1, 0.15) is 0 Å². The molecule has 0 spiro atoms. The van der Waals surface area contributed by atoms with E-state index in [4.69, 9.17) is 0 Å². The molecule has 0 aromatic carbocycles. The highest BCUT2D eigenvalue weighted by molar-refractivity contribution is 5.07. The van der Waals surface area contributed by atoms with Crippen LogP contribution in [0.1, 0.15) is 141 Å². The quantitative estimate of drug-likeness (QED) is 0.323. The molecule has 0 radical (unpaired) electrons. The zero-order valence-electron chi connectivity index (χ0n) is 24.8. The SMILES string of the molecule is C1CCC(CN2C3CC4N(CC5CCCCC5)C2CC(N3CC2CCCCC2)N4CC2CCCCC2)CC1. The van der Waals surface area contributed by atoms with Crippen LogP contribution in [0.15, 0.2) is 0 Å². The monoisotopic (exact) mass is 524 g/mol. The molecule has 4 heteroatoms. The molecule has 4 nitrogen and oxygen atoms in total. The lowest BCUT2D eigenvalue weighted by molar-refractivity contribution is -0.291. The molecule has 4 bridgehead atoms. The summed E-state index contributed by atoms with van der Waals surface area (Å²) in [6, 6.07) is 0. The van der Waals surface area contributed by atoms with E-state index in [1.54, 1.807) is 0 Å². The second-order valence-electron chi connectivity index (χ2n) is 15.2. The summed E-state index contributed by atoms with van der Waals surface area (Å²) in [6.45, 7) is 5.61. The van der Waals surface area contributed by atoms with Crippen molar-refractivity contribution in [3.63, 3.8) is 0 Å². The molecular formula is C34H60N4. The van der Waals surface area contributed by atoms with Gasteiger partial charge in [0.25, 0.3) is 0 Å². The Hall–Kier alpha value is -0.160. The van der Waals surface area contributed by atoms with Crippen LogP contribution in [0.4, 0.5) is 0 Å². The van der Waals surface area contributed by atoms with E-state index in [1.165, 1.54) is 167 Å². The molecule has 4 saturated carbocycles. The van der Waals surface area contributed by atoms with E-state index in [0.717, 1.165) is 48.3 Å². The second kappa shape index (κ2) is 12.4. The van der Waals surface area contributed by atoms with Gasteiger partial charge in [0, 0.05) is 39.0 Å². The lowest BCUT2D eigenvalue weighted by Crippen LogP contribution is -2.83. The third kappa shape index (κ3) is 5.64. The van der Waals surface area contributed by atoms with Gasteiger partial charge in [-0.15, -0.1) is 0 Å². The molecule has 4 heterocycles. The molecule has 0 aromatic heterocycles. The van der Waals surface area contributed by atoms with Crippen molar-refractivity contribution in [1.29, 1.82) is 0 Å². The number of hydrogen-bond donors (Lipinski definition) is 0. The third-order valence-electron chi connectivity index (χ3n) is 12.7. The Morgan fingerprint density at radius 3 is 0.711 bits per heavy atom. The van der Waals surface area contributed by atoms with Crippen LogP contribution in [0.2, 0.25) is 0 Å². The molecule has 0 aromatic rings. The summed E-state index contributed by atoms with van der Waals surface area (Å²) < 4.78 is 0. The summed E-state index contributed by atoms with van der Waals surface area (Å²) in [5.74, 6) is 3.86. The first-order valence-corrected chi connectivity index (χ1v) is 17.9. The average molecular weight is 525 g/mol. The zero-order chi connectivity index (χ0) is 25.3. The van der Waals surface area contributed by atoms with Crippen LogP contribution in [0.5, 0.6) is 0 Å². The molecule has 0 N–H and O–H groups in total. The van der Waals surface area contributed by atoms with Gasteiger partial charge in [-0.2, -0.15) is 0 Å². The summed E-state index contributed by atoms with van der Waals surface area (Å²) in [5.41, 5.74) is 0. The first-order chi connectivity index (χ1) is 18.8. The fourth-order valence-electron chi connectivity index (χ4n) is 10.7. The standard InChI is InChI=1S/C34H60N4/c1-5-13-27(14-6-1)23-35-31-21-34-37(25-29-17-9-3-10-18-29)32(35)22-33(36(31)24-28-15-7-2-8-16-28)38(34)26-30-19-11-4-12-20-30/h27-34H,1-26H2. The summed E-state index contributed by atoms with van der Waals surface area (Å²) in [5, 5.41) is 0. The van der Waals surface area contributed by atoms with Crippen molar-refractivity contribution in [1.82, 2.24) is 19.6 Å². The molecule has 0 unspecified atom stereocenters. The maximum absolute atomic E-state index is 3.13. The molecule has 8 aliphatic rings. The van der Waals surface area contributed by atoms with Gasteiger partial charge in [0.2, 0.25) is 0 Å². The highest BCUT2D eigenvalue weighted by atomic mass is 15.6. The molecule has 4 aliphatic carbocycles. The molecular weight excluding hydrogens is 464 g/mol. The van der Waals surface area contributed by atoms with Crippen LogP contribution in [0, 0.1) is 23.7 Å². The normalized spacial score (nSPS) is 37.9. The van der Waals surface area contributed by atoms with E-state index >= 15 is 0 Å². The minimum atomic E-state index is 0.734.